The highest BCUT2D eigenvalue weighted by atomic mass is 16.5. The second-order valence-electron chi connectivity index (χ2n) is 2.95. The standard InChI is InChI=1S/C10H16N2O2/c1-13-7-10(12-11)8-4-3-5-9(6-8)14-2/h3-6,10,12H,7,11H2,1-2H3. The Kier molecular flexibility index (Phi) is 4.39. The maximum atomic E-state index is 5.41. The highest BCUT2D eigenvalue weighted by Crippen LogP contribution is 2.18. The Hall–Kier alpha value is -1.10. The zero-order valence-electron chi connectivity index (χ0n) is 8.49. The molecule has 0 aromatic heterocycles. The van der Waals surface area contributed by atoms with Gasteiger partial charge in [0.1, 0.15) is 5.75 Å². The van der Waals surface area contributed by atoms with Crippen molar-refractivity contribution in [3.8, 4) is 5.75 Å². The van der Waals surface area contributed by atoms with Crippen LogP contribution in [0.2, 0.25) is 0 Å². The Morgan fingerprint density at radius 3 is 2.79 bits per heavy atom. The molecule has 3 N–H and O–H groups in total. The lowest BCUT2D eigenvalue weighted by Gasteiger charge is -2.15. The van der Waals surface area contributed by atoms with Crippen LogP contribution in [-0.4, -0.2) is 20.8 Å². The van der Waals surface area contributed by atoms with Gasteiger partial charge in [0.25, 0.3) is 0 Å². The summed E-state index contributed by atoms with van der Waals surface area (Å²) in [4.78, 5) is 0. The largest absolute Gasteiger partial charge is 0.497 e. The fourth-order valence-corrected chi connectivity index (χ4v) is 1.27. The van der Waals surface area contributed by atoms with Gasteiger partial charge in [-0.15, -0.1) is 0 Å². The maximum Gasteiger partial charge on any atom is 0.119 e. The van der Waals surface area contributed by atoms with Crippen molar-refractivity contribution in [1.82, 2.24) is 5.43 Å². The monoisotopic (exact) mass is 196 g/mol. The summed E-state index contributed by atoms with van der Waals surface area (Å²) in [7, 11) is 3.28. The van der Waals surface area contributed by atoms with Crippen LogP contribution in [0.4, 0.5) is 0 Å². The number of ether oxygens (including phenoxy) is 2. The van der Waals surface area contributed by atoms with Crippen LogP contribution in [0, 0.1) is 0 Å². The molecule has 0 radical (unpaired) electrons. The van der Waals surface area contributed by atoms with E-state index in [1.165, 1.54) is 0 Å². The van der Waals surface area contributed by atoms with Crippen LogP contribution in [0.3, 0.4) is 0 Å². The first-order valence-electron chi connectivity index (χ1n) is 4.40. The first-order valence-corrected chi connectivity index (χ1v) is 4.40. The molecular formula is C10H16N2O2. The van der Waals surface area contributed by atoms with Crippen LogP contribution in [0.15, 0.2) is 24.3 Å². The number of hydrogen-bond donors (Lipinski definition) is 2. The predicted octanol–water partition coefficient (Wildman–Crippen LogP) is 0.846. The van der Waals surface area contributed by atoms with E-state index < -0.39 is 0 Å². The topological polar surface area (TPSA) is 56.5 Å². The lowest BCUT2D eigenvalue weighted by Crippen LogP contribution is -2.31. The molecule has 1 aromatic carbocycles. The summed E-state index contributed by atoms with van der Waals surface area (Å²) in [6, 6.07) is 7.73. The van der Waals surface area contributed by atoms with E-state index in [-0.39, 0.29) is 6.04 Å². The minimum absolute atomic E-state index is 0.00454. The molecule has 0 heterocycles. The molecule has 4 heteroatoms. The summed E-state index contributed by atoms with van der Waals surface area (Å²) < 4.78 is 10.2. The van der Waals surface area contributed by atoms with Gasteiger partial charge in [-0.25, -0.2) is 0 Å². The van der Waals surface area contributed by atoms with Crippen molar-refractivity contribution < 1.29 is 9.47 Å². The van der Waals surface area contributed by atoms with Gasteiger partial charge in [0.15, 0.2) is 0 Å². The van der Waals surface area contributed by atoms with Crippen LogP contribution >= 0.6 is 0 Å². The van der Waals surface area contributed by atoms with Crippen molar-refractivity contribution in [1.29, 1.82) is 0 Å². The van der Waals surface area contributed by atoms with Gasteiger partial charge in [0.05, 0.1) is 19.8 Å². The number of methoxy groups -OCH3 is 2. The van der Waals surface area contributed by atoms with E-state index in [0.29, 0.717) is 6.61 Å². The van der Waals surface area contributed by atoms with Gasteiger partial charge in [0, 0.05) is 7.11 Å². The fourth-order valence-electron chi connectivity index (χ4n) is 1.27. The number of nitrogens with two attached hydrogens (primary N) is 1. The van der Waals surface area contributed by atoms with E-state index in [2.05, 4.69) is 5.43 Å². The Bertz CT molecular complexity index is 279. The van der Waals surface area contributed by atoms with Crippen molar-refractivity contribution in [3.63, 3.8) is 0 Å². The van der Waals surface area contributed by atoms with Gasteiger partial charge in [-0.05, 0) is 17.7 Å². The lowest BCUT2D eigenvalue weighted by molar-refractivity contribution is 0.167. The molecule has 0 aliphatic rings. The molecule has 1 atom stereocenters. The molecule has 0 spiro atoms. The average Bonchev–Trinajstić information content (AvgIpc) is 2.26. The van der Waals surface area contributed by atoms with Crippen LogP contribution in [0.25, 0.3) is 0 Å². The van der Waals surface area contributed by atoms with E-state index in [9.17, 15) is 0 Å². The SMILES string of the molecule is COCC(NN)c1cccc(OC)c1. The second-order valence-corrected chi connectivity index (χ2v) is 2.95. The fraction of sp³-hybridized carbons (Fsp3) is 0.400. The Morgan fingerprint density at radius 2 is 2.21 bits per heavy atom. The molecule has 0 aliphatic heterocycles. The van der Waals surface area contributed by atoms with Crippen LogP contribution in [0.1, 0.15) is 11.6 Å². The minimum atomic E-state index is -0.00454. The summed E-state index contributed by atoms with van der Waals surface area (Å²) in [5, 5.41) is 0. The van der Waals surface area contributed by atoms with Crippen molar-refractivity contribution in [2.24, 2.45) is 5.84 Å². The third kappa shape index (κ3) is 2.70. The summed E-state index contributed by atoms with van der Waals surface area (Å²) in [6.45, 7) is 0.531. The number of nitrogens with one attached hydrogen (secondary N) is 1. The lowest BCUT2D eigenvalue weighted by atomic mass is 10.1. The Morgan fingerprint density at radius 1 is 1.43 bits per heavy atom. The van der Waals surface area contributed by atoms with E-state index in [4.69, 9.17) is 15.3 Å². The van der Waals surface area contributed by atoms with E-state index >= 15 is 0 Å². The molecule has 0 saturated carbocycles. The van der Waals surface area contributed by atoms with Crippen molar-refractivity contribution in [3.05, 3.63) is 29.8 Å². The third-order valence-corrected chi connectivity index (χ3v) is 2.03. The average molecular weight is 196 g/mol. The molecular weight excluding hydrogens is 180 g/mol. The summed E-state index contributed by atoms with van der Waals surface area (Å²) in [6.07, 6.45) is 0. The molecule has 1 aromatic rings. The predicted molar refractivity (Wildman–Crippen MR) is 54.9 cm³/mol. The van der Waals surface area contributed by atoms with Gasteiger partial charge < -0.3 is 9.47 Å². The van der Waals surface area contributed by atoms with Gasteiger partial charge in [-0.3, -0.25) is 11.3 Å². The molecule has 0 aliphatic carbocycles. The highest BCUT2D eigenvalue weighted by molar-refractivity contribution is 5.30. The second kappa shape index (κ2) is 5.59. The van der Waals surface area contributed by atoms with Crippen molar-refractivity contribution in [2.75, 3.05) is 20.8 Å². The molecule has 0 amide bonds. The molecule has 0 bridgehead atoms. The molecule has 14 heavy (non-hydrogen) atoms. The van der Waals surface area contributed by atoms with E-state index in [0.717, 1.165) is 11.3 Å². The molecule has 78 valence electrons. The molecule has 4 nitrogen and oxygen atoms in total. The zero-order chi connectivity index (χ0) is 10.4. The Labute approximate surface area is 84.0 Å². The summed E-state index contributed by atoms with van der Waals surface area (Å²) in [5.41, 5.74) is 3.74. The van der Waals surface area contributed by atoms with Crippen LogP contribution in [-0.2, 0) is 4.74 Å². The smallest absolute Gasteiger partial charge is 0.119 e. The zero-order valence-corrected chi connectivity index (χ0v) is 8.49. The number of hydrogen-bond acceptors (Lipinski definition) is 4. The van der Waals surface area contributed by atoms with Gasteiger partial charge in [-0.2, -0.15) is 0 Å². The van der Waals surface area contributed by atoms with Crippen molar-refractivity contribution in [2.45, 2.75) is 6.04 Å². The third-order valence-electron chi connectivity index (χ3n) is 2.03. The number of rotatable bonds is 5. The Balaban J connectivity index is 2.80. The van der Waals surface area contributed by atoms with E-state index in [1.54, 1.807) is 14.2 Å². The molecule has 0 saturated heterocycles. The molecule has 1 unspecified atom stereocenters. The first kappa shape index (κ1) is 11.0. The number of benzene rings is 1. The summed E-state index contributed by atoms with van der Waals surface area (Å²) >= 11 is 0. The minimum Gasteiger partial charge on any atom is -0.497 e. The normalized spacial score (nSPS) is 12.5. The summed E-state index contributed by atoms with van der Waals surface area (Å²) in [5.74, 6) is 6.23. The quantitative estimate of drug-likeness (QED) is 0.541. The van der Waals surface area contributed by atoms with Gasteiger partial charge in [-0.1, -0.05) is 12.1 Å². The van der Waals surface area contributed by atoms with Crippen LogP contribution in [0.5, 0.6) is 5.75 Å². The highest BCUT2D eigenvalue weighted by Gasteiger charge is 2.09. The van der Waals surface area contributed by atoms with Crippen LogP contribution < -0.4 is 16.0 Å². The maximum absolute atomic E-state index is 5.41. The van der Waals surface area contributed by atoms with Gasteiger partial charge >= 0.3 is 0 Å². The number of hydrazine groups is 1. The van der Waals surface area contributed by atoms with Crippen molar-refractivity contribution >= 4 is 0 Å². The molecule has 1 rings (SSSR count). The van der Waals surface area contributed by atoms with E-state index in [1.807, 2.05) is 24.3 Å². The molecule has 0 fully saturated rings. The van der Waals surface area contributed by atoms with Gasteiger partial charge in [0.2, 0.25) is 0 Å². The first-order chi connectivity index (χ1) is 6.81.